The molecule has 10 atom stereocenters. The highest BCUT2D eigenvalue weighted by Gasteiger charge is 2.49. The van der Waals surface area contributed by atoms with Gasteiger partial charge in [-0.25, -0.2) is 0 Å². The molecule has 6 N–H and O–H groups in total. The Kier molecular flexibility index (Phi) is 9.66. The molecule has 32 heavy (non-hydrogen) atoms. The summed E-state index contributed by atoms with van der Waals surface area (Å²) < 4.78 is 5.76. The van der Waals surface area contributed by atoms with E-state index >= 15 is 0 Å². The SMILES string of the molecule is CC[C@H](C)C(=O)O[C@H]1C[C@H](O)[C@H](O)C2=C[C@@H](O)[C@H](C)[C@H](CC[C@@H](O)C[C@@H](O)CC(=O)O)C21. The number of esters is 1. The standard InChI is InChI=1S/C23H38O9/c1-4-11(2)23(31)32-19-10-18(27)22(30)16-9-17(26)12(3)15(21(16)19)6-5-13(24)7-14(25)8-20(28)29/h9,11-15,17-19,21-22,24-27,30H,4-8,10H2,1-3H3,(H,28,29)/t11-,12+,13+,14+,15-,17+,18-,19-,21?,22+/m0/s1. The first kappa shape index (κ1) is 26.7. The predicted molar refractivity (Wildman–Crippen MR) is 114 cm³/mol. The Labute approximate surface area is 188 Å². The monoisotopic (exact) mass is 458 g/mol. The maximum Gasteiger partial charge on any atom is 0.308 e. The molecule has 0 saturated heterocycles. The Hall–Kier alpha value is -1.52. The third kappa shape index (κ3) is 6.51. The maximum absolute atomic E-state index is 12.5. The fourth-order valence-electron chi connectivity index (χ4n) is 4.91. The van der Waals surface area contributed by atoms with Crippen LogP contribution >= 0.6 is 0 Å². The van der Waals surface area contributed by atoms with Gasteiger partial charge in [-0.1, -0.05) is 26.8 Å². The number of ether oxygens (including phenoxy) is 1. The first-order valence-electron chi connectivity index (χ1n) is 11.5. The number of carbonyl (C=O) groups excluding carboxylic acids is 1. The molecule has 0 aliphatic heterocycles. The Morgan fingerprint density at radius 3 is 2.44 bits per heavy atom. The molecule has 0 aromatic rings. The van der Waals surface area contributed by atoms with Crippen molar-refractivity contribution in [2.45, 2.75) is 95.9 Å². The van der Waals surface area contributed by atoms with Crippen molar-refractivity contribution in [3.8, 4) is 0 Å². The summed E-state index contributed by atoms with van der Waals surface area (Å²) in [5.74, 6) is -2.77. The van der Waals surface area contributed by atoms with Gasteiger partial charge >= 0.3 is 11.9 Å². The van der Waals surface area contributed by atoms with E-state index < -0.39 is 54.9 Å². The van der Waals surface area contributed by atoms with Gasteiger partial charge in [0.1, 0.15) is 12.2 Å². The summed E-state index contributed by atoms with van der Waals surface area (Å²) in [6.45, 7) is 5.48. The molecule has 9 heteroatoms. The van der Waals surface area contributed by atoms with Crippen molar-refractivity contribution in [2.75, 3.05) is 0 Å². The Morgan fingerprint density at radius 1 is 1.19 bits per heavy atom. The number of hydrogen-bond acceptors (Lipinski definition) is 8. The van der Waals surface area contributed by atoms with E-state index in [-0.39, 0.29) is 43.0 Å². The van der Waals surface area contributed by atoms with E-state index in [9.17, 15) is 35.1 Å². The summed E-state index contributed by atoms with van der Waals surface area (Å²) in [6.07, 6.45) is -3.62. The van der Waals surface area contributed by atoms with Gasteiger partial charge in [-0.3, -0.25) is 9.59 Å². The van der Waals surface area contributed by atoms with Crippen molar-refractivity contribution in [2.24, 2.45) is 23.7 Å². The van der Waals surface area contributed by atoms with Crippen molar-refractivity contribution in [1.29, 1.82) is 0 Å². The third-order valence-corrected chi connectivity index (χ3v) is 7.07. The van der Waals surface area contributed by atoms with E-state index in [2.05, 4.69) is 0 Å². The highest BCUT2D eigenvalue weighted by molar-refractivity contribution is 5.72. The Bertz CT molecular complexity index is 678. The number of rotatable bonds is 10. The summed E-state index contributed by atoms with van der Waals surface area (Å²) >= 11 is 0. The molecule has 1 fully saturated rings. The molecule has 2 rings (SSSR count). The number of aliphatic hydroxyl groups excluding tert-OH is 5. The second-order valence-corrected chi connectivity index (χ2v) is 9.46. The van der Waals surface area contributed by atoms with Gasteiger partial charge in [-0.15, -0.1) is 0 Å². The summed E-state index contributed by atoms with van der Waals surface area (Å²) in [4.78, 5) is 23.2. The molecule has 184 valence electrons. The zero-order valence-electron chi connectivity index (χ0n) is 19.0. The molecule has 0 spiro atoms. The number of aliphatic carboxylic acids is 1. The van der Waals surface area contributed by atoms with Crippen LogP contribution in [-0.2, 0) is 14.3 Å². The van der Waals surface area contributed by atoms with Crippen LogP contribution in [0.4, 0.5) is 0 Å². The second-order valence-electron chi connectivity index (χ2n) is 9.46. The quantitative estimate of drug-likeness (QED) is 0.203. The number of fused-ring (bicyclic) bond motifs is 1. The van der Waals surface area contributed by atoms with Crippen LogP contribution in [0, 0.1) is 23.7 Å². The number of carboxylic acids is 1. The highest BCUT2D eigenvalue weighted by atomic mass is 16.5. The highest BCUT2D eigenvalue weighted by Crippen LogP contribution is 2.46. The van der Waals surface area contributed by atoms with Gasteiger partial charge in [0.15, 0.2) is 0 Å². The molecule has 0 aromatic carbocycles. The summed E-state index contributed by atoms with van der Waals surface area (Å²) in [6, 6.07) is 0. The van der Waals surface area contributed by atoms with Crippen molar-refractivity contribution < 1.29 is 45.0 Å². The van der Waals surface area contributed by atoms with Gasteiger partial charge in [-0.05, 0) is 43.1 Å². The van der Waals surface area contributed by atoms with Gasteiger partial charge in [0.25, 0.3) is 0 Å². The van der Waals surface area contributed by atoms with Gasteiger partial charge in [-0.2, -0.15) is 0 Å². The molecular formula is C23H38O9. The number of carbonyl (C=O) groups is 2. The summed E-state index contributed by atoms with van der Waals surface area (Å²) in [5, 5.41) is 60.3. The molecular weight excluding hydrogens is 420 g/mol. The van der Waals surface area contributed by atoms with Gasteiger partial charge in [0.2, 0.25) is 0 Å². The lowest BCUT2D eigenvalue weighted by atomic mass is 9.62. The van der Waals surface area contributed by atoms with E-state index in [1.807, 2.05) is 13.8 Å². The van der Waals surface area contributed by atoms with Crippen LogP contribution in [0.5, 0.6) is 0 Å². The van der Waals surface area contributed by atoms with Crippen molar-refractivity contribution in [3.05, 3.63) is 11.6 Å². The summed E-state index contributed by atoms with van der Waals surface area (Å²) in [7, 11) is 0. The predicted octanol–water partition coefficient (Wildman–Crippen LogP) is 0.606. The van der Waals surface area contributed by atoms with E-state index in [0.29, 0.717) is 18.4 Å². The Balaban J connectivity index is 2.19. The topological polar surface area (TPSA) is 165 Å². The number of aliphatic hydroxyl groups is 5. The molecule has 9 nitrogen and oxygen atoms in total. The fraction of sp³-hybridized carbons (Fsp3) is 0.826. The molecule has 0 bridgehead atoms. The lowest BCUT2D eigenvalue weighted by Gasteiger charge is -2.48. The van der Waals surface area contributed by atoms with Crippen LogP contribution in [0.25, 0.3) is 0 Å². The van der Waals surface area contributed by atoms with Crippen LogP contribution in [0.1, 0.15) is 59.3 Å². The maximum atomic E-state index is 12.5. The minimum Gasteiger partial charge on any atom is -0.481 e. The normalized spacial score (nSPS) is 35.2. The minimum atomic E-state index is -1.18. The minimum absolute atomic E-state index is 0.0740. The molecule has 0 heterocycles. The molecule has 2 aliphatic rings. The zero-order valence-corrected chi connectivity index (χ0v) is 19.0. The zero-order chi connectivity index (χ0) is 24.2. The van der Waals surface area contributed by atoms with Crippen molar-refractivity contribution in [3.63, 3.8) is 0 Å². The van der Waals surface area contributed by atoms with Crippen LogP contribution in [0.2, 0.25) is 0 Å². The second kappa shape index (κ2) is 11.6. The third-order valence-electron chi connectivity index (χ3n) is 7.07. The van der Waals surface area contributed by atoms with Gasteiger partial charge in [0.05, 0.1) is 36.8 Å². The molecule has 0 aromatic heterocycles. The van der Waals surface area contributed by atoms with Gasteiger partial charge < -0.3 is 35.4 Å². The molecule has 2 aliphatic carbocycles. The van der Waals surface area contributed by atoms with Crippen LogP contribution < -0.4 is 0 Å². The van der Waals surface area contributed by atoms with Crippen LogP contribution in [-0.4, -0.2) is 79.2 Å². The van der Waals surface area contributed by atoms with E-state index in [0.717, 1.165) is 0 Å². The first-order valence-corrected chi connectivity index (χ1v) is 11.5. The first-order chi connectivity index (χ1) is 15.0. The smallest absolute Gasteiger partial charge is 0.308 e. The largest absolute Gasteiger partial charge is 0.481 e. The van der Waals surface area contributed by atoms with E-state index in [1.165, 1.54) is 6.08 Å². The van der Waals surface area contributed by atoms with Crippen LogP contribution in [0.15, 0.2) is 11.6 Å². The van der Waals surface area contributed by atoms with Gasteiger partial charge in [0, 0.05) is 12.3 Å². The average molecular weight is 459 g/mol. The van der Waals surface area contributed by atoms with E-state index in [4.69, 9.17) is 9.84 Å². The number of hydrogen-bond donors (Lipinski definition) is 6. The molecule has 1 unspecified atom stereocenters. The molecule has 0 amide bonds. The van der Waals surface area contributed by atoms with E-state index in [1.54, 1.807) is 6.92 Å². The lowest BCUT2D eigenvalue weighted by molar-refractivity contribution is -0.165. The summed E-state index contributed by atoms with van der Waals surface area (Å²) in [5.41, 5.74) is 0.446. The van der Waals surface area contributed by atoms with Crippen molar-refractivity contribution >= 4 is 11.9 Å². The Morgan fingerprint density at radius 2 is 1.84 bits per heavy atom. The number of carboxylic acid groups (broad SMARTS) is 1. The molecule has 1 saturated carbocycles. The lowest BCUT2D eigenvalue weighted by Crippen LogP contribution is -2.53. The average Bonchev–Trinajstić information content (AvgIpc) is 2.70. The molecule has 0 radical (unpaired) electrons. The van der Waals surface area contributed by atoms with Crippen LogP contribution in [0.3, 0.4) is 0 Å². The fourth-order valence-corrected chi connectivity index (χ4v) is 4.91. The van der Waals surface area contributed by atoms with Crippen molar-refractivity contribution in [1.82, 2.24) is 0 Å².